The number of amides is 2. The molecule has 4 aromatic rings. The molecule has 0 spiro atoms. The Morgan fingerprint density at radius 1 is 1.13 bits per heavy atom. The zero-order valence-electron chi connectivity index (χ0n) is 16.5. The van der Waals surface area contributed by atoms with Crippen molar-refractivity contribution in [3.8, 4) is 23.1 Å². The van der Waals surface area contributed by atoms with Crippen LogP contribution in [-0.4, -0.2) is 45.3 Å². The maximum atomic E-state index is 12.9. The van der Waals surface area contributed by atoms with Gasteiger partial charge in [-0.1, -0.05) is 0 Å². The van der Waals surface area contributed by atoms with Crippen LogP contribution < -0.4 is 14.8 Å². The summed E-state index contributed by atoms with van der Waals surface area (Å²) >= 11 is 0. The summed E-state index contributed by atoms with van der Waals surface area (Å²) in [6, 6.07) is 12.8. The third-order valence-electron chi connectivity index (χ3n) is 5.63. The van der Waals surface area contributed by atoms with Crippen molar-refractivity contribution in [2.45, 2.75) is 12.5 Å². The summed E-state index contributed by atoms with van der Waals surface area (Å²) in [4.78, 5) is 24.0. The van der Waals surface area contributed by atoms with Crippen molar-refractivity contribution in [1.29, 1.82) is 0 Å². The largest absolute Gasteiger partial charge is 0.461 e. The first-order chi connectivity index (χ1) is 15.3. The number of nitrogens with zero attached hydrogens (tertiary/aromatic N) is 4. The lowest BCUT2D eigenvalue weighted by Crippen LogP contribution is -2.33. The number of aromatic nitrogens is 3. The lowest BCUT2D eigenvalue weighted by Gasteiger charge is -2.19. The number of pyridine rings is 1. The Morgan fingerprint density at radius 3 is 2.97 bits per heavy atom. The number of rotatable bonds is 3. The number of urea groups is 1. The molecule has 3 aromatic heterocycles. The second-order valence-corrected chi connectivity index (χ2v) is 7.52. The third kappa shape index (κ3) is 3.05. The number of fused-ring (bicyclic) bond motifs is 2. The van der Waals surface area contributed by atoms with Crippen molar-refractivity contribution in [2.24, 2.45) is 0 Å². The smallest absolute Gasteiger partial charge is 0.321 e. The molecule has 2 aliphatic heterocycles. The molecule has 5 heterocycles. The van der Waals surface area contributed by atoms with Gasteiger partial charge in [0.1, 0.15) is 5.52 Å². The number of furan rings is 1. The number of likely N-dealkylation sites (tertiary alicyclic amines) is 1. The molecule has 9 nitrogen and oxygen atoms in total. The monoisotopic (exact) mass is 417 g/mol. The van der Waals surface area contributed by atoms with E-state index in [1.54, 1.807) is 35.6 Å². The van der Waals surface area contributed by atoms with Crippen LogP contribution in [0, 0.1) is 0 Å². The van der Waals surface area contributed by atoms with E-state index in [0.717, 1.165) is 23.4 Å². The van der Waals surface area contributed by atoms with E-state index in [0.29, 0.717) is 36.0 Å². The number of ether oxygens (including phenoxy) is 2. The van der Waals surface area contributed by atoms with Gasteiger partial charge in [-0.3, -0.25) is 0 Å². The minimum absolute atomic E-state index is 0.0440. The third-order valence-corrected chi connectivity index (χ3v) is 5.63. The zero-order chi connectivity index (χ0) is 20.8. The molecule has 1 saturated heterocycles. The average molecular weight is 417 g/mol. The summed E-state index contributed by atoms with van der Waals surface area (Å²) in [5.41, 5.74) is 2.26. The predicted octanol–water partition coefficient (Wildman–Crippen LogP) is 3.90. The fourth-order valence-corrected chi connectivity index (χ4v) is 4.17. The van der Waals surface area contributed by atoms with Crippen molar-refractivity contribution in [3.63, 3.8) is 0 Å². The summed E-state index contributed by atoms with van der Waals surface area (Å²) in [5, 5.41) is 2.95. The fourth-order valence-electron chi connectivity index (χ4n) is 4.17. The second kappa shape index (κ2) is 7.05. The summed E-state index contributed by atoms with van der Waals surface area (Å²) in [7, 11) is 0. The van der Waals surface area contributed by atoms with Crippen LogP contribution in [0.1, 0.15) is 12.5 Å². The van der Waals surface area contributed by atoms with Crippen LogP contribution in [0.5, 0.6) is 11.5 Å². The lowest BCUT2D eigenvalue weighted by molar-refractivity contribution is 0.174. The van der Waals surface area contributed by atoms with E-state index in [9.17, 15) is 4.79 Å². The minimum atomic E-state index is -0.154. The molecule has 0 bridgehead atoms. The number of nitrogens with one attached hydrogen (secondary N) is 1. The Balaban J connectivity index is 1.25. The Labute approximate surface area is 177 Å². The van der Waals surface area contributed by atoms with E-state index in [4.69, 9.17) is 18.9 Å². The quantitative estimate of drug-likeness (QED) is 0.543. The topological polar surface area (TPSA) is 94.7 Å². The van der Waals surface area contributed by atoms with E-state index in [-0.39, 0.29) is 18.9 Å². The normalized spacial score (nSPS) is 17.4. The van der Waals surface area contributed by atoms with Gasteiger partial charge in [-0.2, -0.15) is 0 Å². The van der Waals surface area contributed by atoms with Gasteiger partial charge in [-0.15, -0.1) is 0 Å². The molecule has 1 unspecified atom stereocenters. The molecular weight excluding hydrogens is 398 g/mol. The number of carbonyl (C=O) groups excluding carboxylic acids is 1. The summed E-state index contributed by atoms with van der Waals surface area (Å²) in [6.45, 7) is 1.38. The van der Waals surface area contributed by atoms with Crippen molar-refractivity contribution < 1.29 is 18.7 Å². The molecule has 0 saturated carbocycles. The molecule has 31 heavy (non-hydrogen) atoms. The fraction of sp³-hybridized carbons (Fsp3) is 0.227. The van der Waals surface area contributed by atoms with Crippen molar-refractivity contribution in [2.75, 3.05) is 25.2 Å². The van der Waals surface area contributed by atoms with Crippen LogP contribution in [0.4, 0.5) is 10.5 Å². The standard InChI is InChI=1S/C22H19N5O4/c28-22(24-14-5-6-17-19(11-14)31-13-30-17)26-9-7-15(12-26)27-20-16(3-1-8-23-20)25-21(27)18-4-2-10-29-18/h1-6,8,10-11,15H,7,9,12-13H2,(H,24,28). The van der Waals surface area contributed by atoms with E-state index in [2.05, 4.69) is 14.9 Å². The van der Waals surface area contributed by atoms with Crippen LogP contribution in [0.2, 0.25) is 0 Å². The van der Waals surface area contributed by atoms with Gasteiger partial charge in [0.25, 0.3) is 0 Å². The summed E-state index contributed by atoms with van der Waals surface area (Å²) in [6.07, 6.45) is 4.18. The van der Waals surface area contributed by atoms with Crippen LogP contribution in [0.15, 0.2) is 59.3 Å². The van der Waals surface area contributed by atoms with Crippen molar-refractivity contribution in [3.05, 3.63) is 54.9 Å². The van der Waals surface area contributed by atoms with Crippen molar-refractivity contribution >= 4 is 22.9 Å². The summed E-state index contributed by atoms with van der Waals surface area (Å²) < 4.78 is 18.4. The Morgan fingerprint density at radius 2 is 2.06 bits per heavy atom. The van der Waals surface area contributed by atoms with E-state index >= 15 is 0 Å². The average Bonchev–Trinajstić information content (AvgIpc) is 3.58. The highest BCUT2D eigenvalue weighted by Crippen LogP contribution is 2.35. The van der Waals surface area contributed by atoms with Gasteiger partial charge >= 0.3 is 6.03 Å². The van der Waals surface area contributed by atoms with E-state index in [1.165, 1.54) is 0 Å². The molecule has 2 amide bonds. The molecular formula is C22H19N5O4. The Kier molecular flexibility index (Phi) is 4.05. The molecule has 1 aromatic carbocycles. The predicted molar refractivity (Wildman–Crippen MR) is 112 cm³/mol. The number of hydrogen-bond acceptors (Lipinski definition) is 6. The molecule has 9 heteroatoms. The second-order valence-electron chi connectivity index (χ2n) is 7.52. The van der Waals surface area contributed by atoms with Crippen molar-refractivity contribution in [1.82, 2.24) is 19.4 Å². The molecule has 1 N–H and O–H groups in total. The Hall–Kier alpha value is -4.01. The lowest BCUT2D eigenvalue weighted by atomic mass is 10.2. The first-order valence-corrected chi connectivity index (χ1v) is 10.1. The number of anilines is 1. The van der Waals surface area contributed by atoms with Gasteiger partial charge in [0, 0.05) is 31.0 Å². The summed E-state index contributed by atoms with van der Waals surface area (Å²) in [5.74, 6) is 2.73. The molecule has 0 aliphatic carbocycles. The van der Waals surface area contributed by atoms with E-state index in [1.807, 2.05) is 24.3 Å². The Bertz CT molecular complexity index is 1270. The minimum Gasteiger partial charge on any atom is -0.461 e. The van der Waals surface area contributed by atoms with Gasteiger partial charge in [0.2, 0.25) is 6.79 Å². The van der Waals surface area contributed by atoms with Crippen LogP contribution in [-0.2, 0) is 0 Å². The number of benzene rings is 1. The maximum Gasteiger partial charge on any atom is 0.321 e. The van der Waals surface area contributed by atoms with Crippen LogP contribution in [0.25, 0.3) is 22.7 Å². The molecule has 156 valence electrons. The first-order valence-electron chi connectivity index (χ1n) is 10.1. The SMILES string of the molecule is O=C(Nc1ccc2c(c1)OCO2)N1CCC(n2c(-c3ccco3)nc3cccnc32)C1. The first kappa shape index (κ1) is 17.8. The van der Waals surface area contributed by atoms with Gasteiger partial charge in [0.05, 0.1) is 12.3 Å². The highest BCUT2D eigenvalue weighted by atomic mass is 16.7. The van der Waals surface area contributed by atoms with E-state index < -0.39 is 0 Å². The molecule has 1 fully saturated rings. The zero-order valence-corrected chi connectivity index (χ0v) is 16.5. The van der Waals surface area contributed by atoms with Gasteiger partial charge in [-0.05, 0) is 42.8 Å². The van der Waals surface area contributed by atoms with Crippen LogP contribution in [0.3, 0.4) is 0 Å². The molecule has 6 rings (SSSR count). The van der Waals surface area contributed by atoms with Gasteiger partial charge in [-0.25, -0.2) is 14.8 Å². The molecule has 0 radical (unpaired) electrons. The maximum absolute atomic E-state index is 12.9. The highest BCUT2D eigenvalue weighted by Gasteiger charge is 2.31. The molecule has 2 aliphatic rings. The van der Waals surface area contributed by atoms with Gasteiger partial charge in [0.15, 0.2) is 28.7 Å². The van der Waals surface area contributed by atoms with Gasteiger partial charge < -0.3 is 28.7 Å². The number of imidazole rings is 1. The number of carbonyl (C=O) groups is 1. The number of hydrogen-bond donors (Lipinski definition) is 1. The highest BCUT2D eigenvalue weighted by molar-refractivity contribution is 5.90. The van der Waals surface area contributed by atoms with Crippen LogP contribution >= 0.6 is 0 Å². The molecule has 1 atom stereocenters.